The molecule has 0 radical (unpaired) electrons. The van der Waals surface area contributed by atoms with Crippen molar-refractivity contribution in [2.45, 2.75) is 32.1 Å². The highest BCUT2D eigenvalue weighted by Gasteiger charge is 1.99. The molecule has 0 saturated carbocycles. The van der Waals surface area contributed by atoms with E-state index in [1.54, 1.807) is 0 Å². The van der Waals surface area contributed by atoms with Crippen LogP contribution in [0.1, 0.15) is 32.1 Å². The van der Waals surface area contributed by atoms with E-state index in [0.717, 1.165) is 38.4 Å². The van der Waals surface area contributed by atoms with Crippen LogP contribution in [0.2, 0.25) is 0 Å². The average molecular weight is 206 g/mol. The predicted molar refractivity (Wildman–Crippen MR) is 54.1 cm³/mol. The lowest BCUT2D eigenvalue weighted by Crippen LogP contribution is -2.03. The van der Waals surface area contributed by atoms with Gasteiger partial charge in [0, 0.05) is 0 Å². The third-order valence-electron chi connectivity index (χ3n) is 1.60. The molecule has 0 spiro atoms. The van der Waals surface area contributed by atoms with Crippen molar-refractivity contribution in [2.24, 2.45) is 0 Å². The number of allylic oxidation sites excluding steroid dienone is 1. The quantitative estimate of drug-likeness (QED) is 0.347. The Morgan fingerprint density at radius 3 is 2.38 bits per heavy atom. The second-order valence-corrected chi connectivity index (χ2v) is 4.66. The van der Waals surface area contributed by atoms with Gasteiger partial charge in [0.15, 0.2) is 0 Å². The van der Waals surface area contributed by atoms with Crippen molar-refractivity contribution in [3.63, 3.8) is 0 Å². The summed E-state index contributed by atoms with van der Waals surface area (Å²) in [6.45, 7) is 3.94. The van der Waals surface area contributed by atoms with Crippen molar-refractivity contribution in [3.05, 3.63) is 12.7 Å². The Balaban J connectivity index is 3.13. The number of rotatable bonds is 8. The van der Waals surface area contributed by atoms with Crippen LogP contribution in [0.25, 0.3) is 0 Å². The highest BCUT2D eigenvalue weighted by atomic mass is 32.2. The summed E-state index contributed by atoms with van der Waals surface area (Å²) in [5, 5.41) is 0. The van der Waals surface area contributed by atoms with Gasteiger partial charge in [0.1, 0.15) is 0 Å². The number of hydrogen-bond donors (Lipinski definition) is 0. The summed E-state index contributed by atoms with van der Waals surface area (Å²) in [6.07, 6.45) is 8.07. The topological polar surface area (TPSA) is 43.4 Å². The summed E-state index contributed by atoms with van der Waals surface area (Å²) in [7, 11) is -3.24. The van der Waals surface area contributed by atoms with Crippen LogP contribution in [0.4, 0.5) is 0 Å². The molecule has 0 bridgehead atoms. The summed E-state index contributed by atoms with van der Waals surface area (Å²) < 4.78 is 25.6. The van der Waals surface area contributed by atoms with Crippen LogP contribution in [-0.2, 0) is 14.3 Å². The largest absolute Gasteiger partial charge is 0.270 e. The molecule has 78 valence electrons. The zero-order valence-corrected chi connectivity index (χ0v) is 8.98. The Kier molecular flexibility index (Phi) is 6.90. The smallest absolute Gasteiger partial charge is 0.264 e. The molecule has 0 saturated heterocycles. The Bertz CT molecular complexity index is 219. The molecule has 0 fully saturated rings. The summed E-state index contributed by atoms with van der Waals surface area (Å²) in [4.78, 5) is 0. The van der Waals surface area contributed by atoms with Gasteiger partial charge in [-0.05, 0) is 19.3 Å². The van der Waals surface area contributed by atoms with Crippen molar-refractivity contribution in [2.75, 3.05) is 12.9 Å². The lowest BCUT2D eigenvalue weighted by molar-refractivity contribution is 0.310. The molecule has 0 aromatic rings. The van der Waals surface area contributed by atoms with E-state index in [9.17, 15) is 8.42 Å². The van der Waals surface area contributed by atoms with Gasteiger partial charge in [-0.25, -0.2) is 0 Å². The number of unbranched alkanes of at least 4 members (excludes halogenated alkanes) is 4. The molecule has 0 aliphatic rings. The van der Waals surface area contributed by atoms with Crippen molar-refractivity contribution < 1.29 is 12.6 Å². The molecule has 0 rings (SSSR count). The standard InChI is InChI=1S/C9H18O3S/c1-3-4-5-6-7-8-9-12-13(2,10)11/h3H,1,4-9H2,2H3. The van der Waals surface area contributed by atoms with Gasteiger partial charge in [0.25, 0.3) is 10.1 Å². The van der Waals surface area contributed by atoms with E-state index >= 15 is 0 Å². The van der Waals surface area contributed by atoms with Gasteiger partial charge in [-0.2, -0.15) is 8.42 Å². The van der Waals surface area contributed by atoms with Crippen LogP contribution in [0.5, 0.6) is 0 Å². The Morgan fingerprint density at radius 1 is 1.23 bits per heavy atom. The van der Waals surface area contributed by atoms with Gasteiger partial charge < -0.3 is 0 Å². The first-order valence-electron chi connectivity index (χ1n) is 4.51. The van der Waals surface area contributed by atoms with Crippen LogP contribution < -0.4 is 0 Å². The monoisotopic (exact) mass is 206 g/mol. The molecule has 3 nitrogen and oxygen atoms in total. The Morgan fingerprint density at radius 2 is 1.85 bits per heavy atom. The molecule has 0 heterocycles. The molecule has 0 aromatic carbocycles. The van der Waals surface area contributed by atoms with Crippen LogP contribution >= 0.6 is 0 Å². The van der Waals surface area contributed by atoms with E-state index in [1.807, 2.05) is 6.08 Å². The first-order chi connectivity index (χ1) is 6.06. The summed E-state index contributed by atoms with van der Waals surface area (Å²) >= 11 is 0. The fraction of sp³-hybridized carbons (Fsp3) is 0.778. The third kappa shape index (κ3) is 11.7. The minimum absolute atomic E-state index is 0.312. The van der Waals surface area contributed by atoms with Gasteiger partial charge in [-0.15, -0.1) is 6.58 Å². The van der Waals surface area contributed by atoms with E-state index < -0.39 is 10.1 Å². The van der Waals surface area contributed by atoms with Gasteiger partial charge in [0.2, 0.25) is 0 Å². The van der Waals surface area contributed by atoms with E-state index in [0.29, 0.717) is 6.61 Å². The van der Waals surface area contributed by atoms with Crippen molar-refractivity contribution in [1.82, 2.24) is 0 Å². The minimum atomic E-state index is -3.24. The first kappa shape index (κ1) is 12.7. The number of hydrogen-bond acceptors (Lipinski definition) is 3. The molecule has 0 amide bonds. The van der Waals surface area contributed by atoms with E-state index in [4.69, 9.17) is 0 Å². The molecule has 0 unspecified atom stereocenters. The van der Waals surface area contributed by atoms with Crippen LogP contribution in [0, 0.1) is 0 Å². The molecule has 4 heteroatoms. The second-order valence-electron chi connectivity index (χ2n) is 3.02. The Labute approximate surface area is 80.9 Å². The van der Waals surface area contributed by atoms with Crippen LogP contribution in [0.3, 0.4) is 0 Å². The minimum Gasteiger partial charge on any atom is -0.270 e. The molecule has 0 aliphatic carbocycles. The maximum Gasteiger partial charge on any atom is 0.264 e. The highest BCUT2D eigenvalue weighted by molar-refractivity contribution is 7.85. The van der Waals surface area contributed by atoms with Crippen LogP contribution in [-0.4, -0.2) is 21.3 Å². The van der Waals surface area contributed by atoms with Gasteiger partial charge in [0.05, 0.1) is 12.9 Å². The third-order valence-corrected chi connectivity index (χ3v) is 2.19. The molecule has 0 aliphatic heterocycles. The fourth-order valence-electron chi connectivity index (χ4n) is 0.955. The Hall–Kier alpha value is -0.350. The lowest BCUT2D eigenvalue weighted by Gasteiger charge is -2.00. The zero-order chi connectivity index (χ0) is 10.2. The van der Waals surface area contributed by atoms with Gasteiger partial charge in [-0.3, -0.25) is 4.18 Å². The normalized spacial score (nSPS) is 11.5. The highest BCUT2D eigenvalue weighted by Crippen LogP contribution is 2.03. The van der Waals surface area contributed by atoms with Crippen LogP contribution in [0.15, 0.2) is 12.7 Å². The molecular weight excluding hydrogens is 188 g/mol. The lowest BCUT2D eigenvalue weighted by atomic mass is 10.1. The van der Waals surface area contributed by atoms with Crippen molar-refractivity contribution >= 4 is 10.1 Å². The summed E-state index contributed by atoms with van der Waals surface area (Å²) in [5.41, 5.74) is 0. The first-order valence-corrected chi connectivity index (χ1v) is 6.33. The molecule has 0 N–H and O–H groups in total. The maximum absolute atomic E-state index is 10.5. The summed E-state index contributed by atoms with van der Waals surface area (Å²) in [6, 6.07) is 0. The van der Waals surface area contributed by atoms with Crippen molar-refractivity contribution in [3.8, 4) is 0 Å². The van der Waals surface area contributed by atoms with E-state index in [-0.39, 0.29) is 0 Å². The zero-order valence-electron chi connectivity index (χ0n) is 8.16. The SMILES string of the molecule is C=CCCCCCCOS(C)(=O)=O. The maximum atomic E-state index is 10.5. The average Bonchev–Trinajstić information content (AvgIpc) is 2.01. The summed E-state index contributed by atoms with van der Waals surface area (Å²) in [5.74, 6) is 0. The van der Waals surface area contributed by atoms with Crippen molar-refractivity contribution in [1.29, 1.82) is 0 Å². The second kappa shape index (κ2) is 7.09. The predicted octanol–water partition coefficient (Wildman–Crippen LogP) is 2.10. The molecule has 0 aromatic heterocycles. The van der Waals surface area contributed by atoms with Gasteiger partial charge >= 0.3 is 0 Å². The molecule has 0 atom stereocenters. The molecule has 13 heavy (non-hydrogen) atoms. The van der Waals surface area contributed by atoms with Gasteiger partial charge in [-0.1, -0.05) is 18.9 Å². The van der Waals surface area contributed by atoms with E-state index in [1.165, 1.54) is 0 Å². The fourth-order valence-corrected chi connectivity index (χ4v) is 1.38. The van der Waals surface area contributed by atoms with E-state index in [2.05, 4.69) is 10.8 Å². The molecular formula is C9H18O3S.